The number of hydrogen-bond donors (Lipinski definition) is 2. The second kappa shape index (κ2) is 6.65. The lowest BCUT2D eigenvalue weighted by Gasteiger charge is -2.06. The van der Waals surface area contributed by atoms with Crippen molar-refractivity contribution in [3.8, 4) is 0 Å². The number of rotatable bonds is 6. The molecule has 7 nitrogen and oxygen atoms in total. The Morgan fingerprint density at radius 2 is 2.20 bits per heavy atom. The zero-order valence-corrected chi connectivity index (χ0v) is 11.5. The van der Waals surface area contributed by atoms with Crippen molar-refractivity contribution in [2.24, 2.45) is 0 Å². The molecule has 0 unspecified atom stereocenters. The van der Waals surface area contributed by atoms with Gasteiger partial charge in [0.2, 0.25) is 5.89 Å². The van der Waals surface area contributed by atoms with Crippen molar-refractivity contribution in [3.05, 3.63) is 35.6 Å². The maximum atomic E-state index is 12.0. The Bertz CT molecular complexity index is 582. The van der Waals surface area contributed by atoms with Gasteiger partial charge >= 0.3 is 0 Å². The second-order valence-electron chi connectivity index (χ2n) is 4.25. The number of hydrogen-bond acceptors (Lipinski definition) is 6. The third kappa shape index (κ3) is 3.78. The van der Waals surface area contributed by atoms with Crippen molar-refractivity contribution < 1.29 is 9.32 Å². The van der Waals surface area contributed by atoms with E-state index < -0.39 is 0 Å². The summed E-state index contributed by atoms with van der Waals surface area (Å²) in [6, 6.07) is 5.28. The molecule has 0 aromatic carbocycles. The van der Waals surface area contributed by atoms with Crippen molar-refractivity contribution in [3.63, 3.8) is 0 Å². The van der Waals surface area contributed by atoms with Gasteiger partial charge in [-0.25, -0.2) is 4.98 Å². The summed E-state index contributed by atoms with van der Waals surface area (Å²) in [5.41, 5.74) is 0.353. The smallest absolute Gasteiger partial charge is 0.270 e. The normalized spacial score (nSPS) is 10.3. The molecule has 2 heterocycles. The van der Waals surface area contributed by atoms with Crippen LogP contribution in [0.3, 0.4) is 0 Å². The molecule has 0 aliphatic carbocycles. The van der Waals surface area contributed by atoms with Crippen LogP contribution in [0.25, 0.3) is 0 Å². The number of pyridine rings is 1. The predicted octanol–water partition coefficient (Wildman–Crippen LogP) is 1.52. The van der Waals surface area contributed by atoms with Gasteiger partial charge in [0, 0.05) is 13.5 Å². The lowest BCUT2D eigenvalue weighted by atomic mass is 10.3. The summed E-state index contributed by atoms with van der Waals surface area (Å²) in [5, 5.41) is 9.54. The quantitative estimate of drug-likeness (QED) is 0.830. The van der Waals surface area contributed by atoms with Crippen LogP contribution < -0.4 is 10.6 Å². The summed E-state index contributed by atoms with van der Waals surface area (Å²) in [6.07, 6.45) is 0.995. The fraction of sp³-hybridized carbons (Fsp3) is 0.385. The fourth-order valence-corrected chi connectivity index (χ4v) is 1.58. The summed E-state index contributed by atoms with van der Waals surface area (Å²) < 4.78 is 4.83. The Hall–Kier alpha value is -2.44. The first-order valence-corrected chi connectivity index (χ1v) is 6.47. The third-order valence-electron chi connectivity index (χ3n) is 2.51. The van der Waals surface area contributed by atoms with Gasteiger partial charge in [-0.3, -0.25) is 4.79 Å². The zero-order valence-electron chi connectivity index (χ0n) is 11.5. The second-order valence-corrected chi connectivity index (χ2v) is 4.25. The van der Waals surface area contributed by atoms with Crippen LogP contribution in [0, 0.1) is 6.92 Å². The summed E-state index contributed by atoms with van der Waals surface area (Å²) in [5.74, 6) is 1.33. The molecule has 0 aliphatic heterocycles. The van der Waals surface area contributed by atoms with Gasteiger partial charge in [0.1, 0.15) is 11.5 Å². The molecular formula is C13H17N5O2. The number of carbonyl (C=O) groups excluding carboxylic acids is 1. The Balaban J connectivity index is 1.94. The van der Waals surface area contributed by atoms with Gasteiger partial charge < -0.3 is 15.2 Å². The molecule has 0 radical (unpaired) electrons. The molecule has 7 heteroatoms. The molecule has 2 aromatic rings. The van der Waals surface area contributed by atoms with E-state index >= 15 is 0 Å². The largest absolute Gasteiger partial charge is 0.370 e. The zero-order chi connectivity index (χ0) is 14.4. The van der Waals surface area contributed by atoms with Crippen LogP contribution in [0.4, 0.5) is 5.82 Å². The highest BCUT2D eigenvalue weighted by atomic mass is 16.5. The molecule has 0 atom stereocenters. The highest BCUT2D eigenvalue weighted by molar-refractivity contribution is 5.92. The maximum absolute atomic E-state index is 12.0. The molecule has 0 bridgehead atoms. The van der Waals surface area contributed by atoms with Crippen LogP contribution >= 0.6 is 0 Å². The summed E-state index contributed by atoms with van der Waals surface area (Å²) >= 11 is 0. The Morgan fingerprint density at radius 1 is 1.35 bits per heavy atom. The van der Waals surface area contributed by atoms with E-state index in [1.54, 1.807) is 19.1 Å². The van der Waals surface area contributed by atoms with Gasteiger partial charge in [0.15, 0.2) is 5.82 Å². The highest BCUT2D eigenvalue weighted by Gasteiger charge is 2.09. The summed E-state index contributed by atoms with van der Waals surface area (Å²) in [6.45, 7) is 4.80. The number of carbonyl (C=O) groups is 1. The van der Waals surface area contributed by atoms with Gasteiger partial charge in [-0.2, -0.15) is 4.98 Å². The molecule has 0 fully saturated rings. The minimum atomic E-state index is -0.271. The predicted molar refractivity (Wildman–Crippen MR) is 73.2 cm³/mol. The first kappa shape index (κ1) is 14.0. The fourth-order valence-electron chi connectivity index (χ4n) is 1.58. The molecule has 0 saturated carbocycles. The monoisotopic (exact) mass is 275 g/mol. The molecule has 0 aliphatic rings. The van der Waals surface area contributed by atoms with Crippen molar-refractivity contribution in [2.75, 3.05) is 11.9 Å². The van der Waals surface area contributed by atoms with Crippen LogP contribution in [0.1, 0.15) is 35.5 Å². The lowest BCUT2D eigenvalue weighted by molar-refractivity contribution is 0.0945. The summed E-state index contributed by atoms with van der Waals surface area (Å²) in [4.78, 5) is 20.2. The Morgan fingerprint density at radius 3 is 2.90 bits per heavy atom. The van der Waals surface area contributed by atoms with E-state index in [0.717, 1.165) is 13.0 Å². The van der Waals surface area contributed by atoms with Gasteiger partial charge in [0.25, 0.3) is 5.91 Å². The van der Waals surface area contributed by atoms with E-state index in [-0.39, 0.29) is 12.5 Å². The average Bonchev–Trinajstić information content (AvgIpc) is 2.88. The first-order chi connectivity index (χ1) is 9.69. The van der Waals surface area contributed by atoms with Gasteiger partial charge in [-0.15, -0.1) is 0 Å². The van der Waals surface area contributed by atoms with Crippen LogP contribution in [0.15, 0.2) is 22.7 Å². The number of anilines is 1. The highest BCUT2D eigenvalue weighted by Crippen LogP contribution is 2.05. The molecule has 2 rings (SSSR count). The minimum absolute atomic E-state index is 0.213. The molecular weight excluding hydrogens is 258 g/mol. The van der Waals surface area contributed by atoms with E-state index in [4.69, 9.17) is 4.52 Å². The Kier molecular flexibility index (Phi) is 4.65. The Labute approximate surface area is 116 Å². The van der Waals surface area contributed by atoms with Crippen LogP contribution in [0.2, 0.25) is 0 Å². The number of nitrogens with one attached hydrogen (secondary N) is 2. The number of nitrogens with zero attached hydrogens (tertiary/aromatic N) is 3. The van der Waals surface area contributed by atoms with E-state index in [9.17, 15) is 4.79 Å². The van der Waals surface area contributed by atoms with Crippen molar-refractivity contribution in [1.82, 2.24) is 20.4 Å². The van der Waals surface area contributed by atoms with Crippen LogP contribution in [-0.4, -0.2) is 27.6 Å². The molecule has 106 valence electrons. The maximum Gasteiger partial charge on any atom is 0.270 e. The average molecular weight is 275 g/mol. The van der Waals surface area contributed by atoms with Gasteiger partial charge in [-0.05, 0) is 18.6 Å². The molecule has 0 saturated heterocycles. The topological polar surface area (TPSA) is 92.9 Å². The first-order valence-electron chi connectivity index (χ1n) is 6.47. The van der Waals surface area contributed by atoms with Crippen LogP contribution in [0.5, 0.6) is 0 Å². The minimum Gasteiger partial charge on any atom is -0.370 e. The van der Waals surface area contributed by atoms with Crippen molar-refractivity contribution in [2.45, 2.75) is 26.8 Å². The lowest BCUT2D eigenvalue weighted by Crippen LogP contribution is -2.24. The van der Waals surface area contributed by atoms with Crippen molar-refractivity contribution >= 4 is 11.7 Å². The van der Waals surface area contributed by atoms with E-state index in [1.807, 2.05) is 6.07 Å². The molecule has 0 spiro atoms. The molecule has 1 amide bonds. The van der Waals surface area contributed by atoms with E-state index in [0.29, 0.717) is 23.2 Å². The van der Waals surface area contributed by atoms with Crippen LogP contribution in [-0.2, 0) is 6.54 Å². The van der Waals surface area contributed by atoms with Gasteiger partial charge in [0.05, 0.1) is 6.54 Å². The van der Waals surface area contributed by atoms with Gasteiger partial charge in [-0.1, -0.05) is 18.1 Å². The van der Waals surface area contributed by atoms with E-state index in [1.165, 1.54) is 0 Å². The number of aryl methyl sites for hydroxylation is 1. The molecule has 2 N–H and O–H groups in total. The molecule has 2 aromatic heterocycles. The third-order valence-corrected chi connectivity index (χ3v) is 2.51. The SMILES string of the molecule is CCCNc1cccc(C(=O)NCc2noc(C)n2)n1. The number of amides is 1. The summed E-state index contributed by atoms with van der Waals surface area (Å²) in [7, 11) is 0. The molecule has 20 heavy (non-hydrogen) atoms. The van der Waals surface area contributed by atoms with E-state index in [2.05, 4.69) is 32.7 Å². The number of aromatic nitrogens is 3. The standard InChI is InChI=1S/C13H17N5O2/c1-3-7-14-11-6-4-5-10(17-11)13(19)15-8-12-16-9(2)20-18-12/h4-6H,3,7-8H2,1-2H3,(H,14,17)(H,15,19). The van der Waals surface area contributed by atoms with Crippen molar-refractivity contribution in [1.29, 1.82) is 0 Å².